The van der Waals surface area contributed by atoms with E-state index in [4.69, 9.17) is 9.05 Å². The zero-order valence-corrected chi connectivity index (χ0v) is 15.1. The normalized spacial score (nSPS) is 13.5. The third-order valence-electron chi connectivity index (χ3n) is 2.39. The first-order valence-electron chi connectivity index (χ1n) is 7.08. The third-order valence-corrected chi connectivity index (χ3v) is 6.35. The summed E-state index contributed by atoms with van der Waals surface area (Å²) in [5.74, 6) is 1.14. The van der Waals surface area contributed by atoms with Crippen LogP contribution in [0.4, 0.5) is 4.79 Å². The lowest BCUT2D eigenvalue weighted by Gasteiger charge is -2.17. The fourth-order valence-corrected chi connectivity index (χ4v) is 4.86. The van der Waals surface area contributed by atoms with Gasteiger partial charge >= 0.3 is 12.9 Å². The maximum Gasteiger partial charge on any atom is 0.440 e. The number of carbonyl (C=O) groups excluding carboxylic acids is 1. The van der Waals surface area contributed by atoms with Gasteiger partial charge in [-0.2, -0.15) is 5.10 Å². The molecule has 1 amide bonds. The smallest absolute Gasteiger partial charge is 0.440 e. The zero-order chi connectivity index (χ0) is 17.1. The number of hydrazone groups is 1. The highest BCUT2D eigenvalue weighted by Gasteiger charge is 2.26. The molecule has 0 aliphatic carbocycles. The largest absolute Gasteiger partial charge is 0.452 e. The van der Waals surface area contributed by atoms with Gasteiger partial charge < -0.3 is 9.26 Å². The highest BCUT2D eigenvalue weighted by molar-refractivity contribution is 8.55. The molecular formula is C14H21N2O5PS. The van der Waals surface area contributed by atoms with Gasteiger partial charge in [0.15, 0.2) is 0 Å². The van der Waals surface area contributed by atoms with E-state index >= 15 is 0 Å². The number of benzene rings is 1. The molecule has 1 aromatic carbocycles. The Labute approximate surface area is 140 Å². The van der Waals surface area contributed by atoms with Gasteiger partial charge in [0.2, 0.25) is 0 Å². The van der Waals surface area contributed by atoms with E-state index in [-0.39, 0.29) is 0 Å². The summed E-state index contributed by atoms with van der Waals surface area (Å²) >= 11 is 1.19. The molecule has 23 heavy (non-hydrogen) atoms. The Bertz CT molecular complexity index is 565. The number of hydrogen-bond acceptors (Lipinski definition) is 7. The van der Waals surface area contributed by atoms with Crippen LogP contribution in [0.2, 0.25) is 0 Å². The standard InChI is InChI=1S/C14H21N2O5PS/c1-4-10-23-22(18,20-5-2)21-13-8-6-12(7-9-13)11-15-16-14(17)19-3/h6-9,11H,4-5,10H2,1-3H3,(H,16,17). The van der Waals surface area contributed by atoms with Crippen molar-refractivity contribution in [1.82, 2.24) is 5.43 Å². The second kappa shape index (κ2) is 10.3. The second-order valence-electron chi connectivity index (χ2n) is 4.22. The highest BCUT2D eigenvalue weighted by Crippen LogP contribution is 2.60. The quantitative estimate of drug-likeness (QED) is 0.406. The minimum Gasteiger partial charge on any atom is -0.452 e. The number of rotatable bonds is 9. The first-order chi connectivity index (χ1) is 11.0. The van der Waals surface area contributed by atoms with E-state index in [2.05, 4.69) is 15.3 Å². The summed E-state index contributed by atoms with van der Waals surface area (Å²) in [4.78, 5) is 10.8. The van der Waals surface area contributed by atoms with E-state index in [0.29, 0.717) is 18.1 Å². The van der Waals surface area contributed by atoms with Gasteiger partial charge in [0.05, 0.1) is 19.9 Å². The topological polar surface area (TPSA) is 86.2 Å². The summed E-state index contributed by atoms with van der Waals surface area (Å²) in [6.45, 7) is 0.890. The van der Waals surface area contributed by atoms with Crippen LogP contribution in [0.5, 0.6) is 5.75 Å². The minimum absolute atomic E-state index is 0.317. The lowest BCUT2D eigenvalue weighted by Crippen LogP contribution is -2.16. The number of hydrogen-bond donors (Lipinski definition) is 1. The van der Waals surface area contributed by atoms with Crippen LogP contribution < -0.4 is 9.95 Å². The second-order valence-corrected chi connectivity index (χ2v) is 8.34. The maximum absolute atomic E-state index is 12.5. The van der Waals surface area contributed by atoms with Crippen LogP contribution >= 0.6 is 18.2 Å². The zero-order valence-electron chi connectivity index (χ0n) is 13.4. The van der Waals surface area contributed by atoms with Gasteiger partial charge in [0.25, 0.3) is 0 Å². The molecule has 1 unspecified atom stereocenters. The lowest BCUT2D eigenvalue weighted by molar-refractivity contribution is 0.171. The summed E-state index contributed by atoms with van der Waals surface area (Å²) < 4.78 is 27.7. The van der Waals surface area contributed by atoms with Crippen molar-refractivity contribution in [3.8, 4) is 5.75 Å². The summed E-state index contributed by atoms with van der Waals surface area (Å²) in [6, 6.07) is 6.77. The molecule has 1 rings (SSSR count). The van der Waals surface area contributed by atoms with Gasteiger partial charge in [0.1, 0.15) is 5.75 Å². The van der Waals surface area contributed by atoms with Gasteiger partial charge in [-0.25, -0.2) is 14.8 Å². The van der Waals surface area contributed by atoms with Gasteiger partial charge in [-0.1, -0.05) is 6.92 Å². The van der Waals surface area contributed by atoms with Gasteiger partial charge in [-0.15, -0.1) is 0 Å². The van der Waals surface area contributed by atoms with Crippen molar-refractivity contribution in [1.29, 1.82) is 0 Å². The van der Waals surface area contributed by atoms with Gasteiger partial charge in [0, 0.05) is 5.75 Å². The van der Waals surface area contributed by atoms with E-state index in [1.54, 1.807) is 31.2 Å². The summed E-state index contributed by atoms with van der Waals surface area (Å²) in [5.41, 5.74) is 2.92. The molecule has 0 aromatic heterocycles. The highest BCUT2D eigenvalue weighted by atomic mass is 32.7. The fourth-order valence-electron chi connectivity index (χ4n) is 1.40. The Morgan fingerprint density at radius 3 is 2.61 bits per heavy atom. The minimum atomic E-state index is -3.20. The van der Waals surface area contributed by atoms with Crippen LogP contribution in [0.15, 0.2) is 29.4 Å². The molecule has 9 heteroatoms. The number of amides is 1. The summed E-state index contributed by atoms with van der Waals surface area (Å²) in [5, 5.41) is 3.71. The average Bonchev–Trinajstić information content (AvgIpc) is 2.54. The molecule has 0 radical (unpaired) electrons. The molecule has 1 aromatic rings. The van der Waals surface area contributed by atoms with Gasteiger partial charge in [-0.05, 0) is 54.6 Å². The van der Waals surface area contributed by atoms with Crippen LogP contribution in [-0.4, -0.2) is 31.8 Å². The predicted octanol–water partition coefficient (Wildman–Crippen LogP) is 4.04. The molecule has 0 spiro atoms. The monoisotopic (exact) mass is 360 g/mol. The molecule has 0 fully saturated rings. The van der Waals surface area contributed by atoms with Crippen LogP contribution in [0.1, 0.15) is 25.8 Å². The van der Waals surface area contributed by atoms with E-state index in [1.807, 2.05) is 6.92 Å². The van der Waals surface area contributed by atoms with Crippen molar-refractivity contribution in [2.24, 2.45) is 5.10 Å². The van der Waals surface area contributed by atoms with Crippen LogP contribution in [0.25, 0.3) is 0 Å². The molecule has 1 atom stereocenters. The number of nitrogens with one attached hydrogen (secondary N) is 1. The molecule has 7 nitrogen and oxygen atoms in total. The molecule has 0 aliphatic heterocycles. The lowest BCUT2D eigenvalue weighted by atomic mass is 10.2. The Kier molecular flexibility index (Phi) is 8.76. The molecule has 0 bridgehead atoms. The Hall–Kier alpha value is -1.50. The van der Waals surface area contributed by atoms with Crippen LogP contribution in [-0.2, 0) is 13.8 Å². The SMILES string of the molecule is CCCSP(=O)(OCC)Oc1ccc(C=NNC(=O)OC)cc1. The molecular weight excluding hydrogens is 339 g/mol. The Morgan fingerprint density at radius 2 is 2.04 bits per heavy atom. The molecule has 0 saturated carbocycles. The third kappa shape index (κ3) is 7.54. The molecule has 1 N–H and O–H groups in total. The first kappa shape index (κ1) is 19.5. The number of carbonyl (C=O) groups is 1. The van der Waals surface area contributed by atoms with E-state index in [1.165, 1.54) is 24.7 Å². The number of ether oxygens (including phenoxy) is 1. The van der Waals surface area contributed by atoms with E-state index in [9.17, 15) is 9.36 Å². The van der Waals surface area contributed by atoms with Crippen molar-refractivity contribution in [2.75, 3.05) is 19.5 Å². The summed E-state index contributed by atoms with van der Waals surface area (Å²) in [7, 11) is 1.25. The van der Waals surface area contributed by atoms with E-state index < -0.39 is 12.9 Å². The average molecular weight is 360 g/mol. The predicted molar refractivity (Wildman–Crippen MR) is 92.2 cm³/mol. The molecule has 128 valence electrons. The van der Waals surface area contributed by atoms with Gasteiger partial charge in [-0.3, -0.25) is 4.52 Å². The molecule has 0 aliphatic rings. The van der Waals surface area contributed by atoms with Crippen molar-refractivity contribution >= 4 is 30.5 Å². The van der Waals surface area contributed by atoms with E-state index in [0.717, 1.165) is 12.0 Å². The first-order valence-corrected chi connectivity index (χ1v) is 10.2. The Balaban J connectivity index is 2.67. The van der Waals surface area contributed by atoms with Crippen molar-refractivity contribution in [3.05, 3.63) is 29.8 Å². The maximum atomic E-state index is 12.5. The van der Waals surface area contributed by atoms with Crippen molar-refractivity contribution < 1.29 is 23.1 Å². The Morgan fingerprint density at radius 1 is 1.35 bits per heavy atom. The number of methoxy groups -OCH3 is 1. The fraction of sp³-hybridized carbons (Fsp3) is 0.429. The van der Waals surface area contributed by atoms with Crippen LogP contribution in [0, 0.1) is 0 Å². The summed E-state index contributed by atoms with van der Waals surface area (Å²) in [6.07, 6.45) is 1.69. The van der Waals surface area contributed by atoms with Crippen LogP contribution in [0.3, 0.4) is 0 Å². The number of nitrogens with zero attached hydrogens (tertiary/aromatic N) is 1. The molecule has 0 heterocycles. The molecule has 0 saturated heterocycles. The van der Waals surface area contributed by atoms with Crippen molar-refractivity contribution in [2.45, 2.75) is 20.3 Å². The van der Waals surface area contributed by atoms with Crippen molar-refractivity contribution in [3.63, 3.8) is 0 Å².